The number of halogens is 1. The van der Waals surface area contributed by atoms with Crippen LogP contribution in [-0.2, 0) is 6.54 Å². The first kappa shape index (κ1) is 15.3. The van der Waals surface area contributed by atoms with E-state index in [9.17, 15) is 0 Å². The van der Waals surface area contributed by atoms with Crippen LogP contribution in [-0.4, -0.2) is 24.0 Å². The van der Waals surface area contributed by atoms with Crippen LogP contribution >= 0.6 is 22.9 Å². The molecule has 1 aliphatic carbocycles. The maximum absolute atomic E-state index is 6.18. The van der Waals surface area contributed by atoms with Crippen molar-refractivity contribution in [2.24, 2.45) is 17.1 Å². The first-order valence-corrected chi connectivity index (χ1v) is 8.14. The topological polar surface area (TPSA) is 29.3 Å². The molecule has 1 fully saturated rings. The predicted octanol–water partition coefficient (Wildman–Crippen LogP) is 3.99. The van der Waals surface area contributed by atoms with E-state index in [-0.39, 0.29) is 5.54 Å². The third kappa shape index (κ3) is 2.99. The van der Waals surface area contributed by atoms with Gasteiger partial charge in [-0.25, -0.2) is 0 Å². The van der Waals surface area contributed by atoms with E-state index < -0.39 is 0 Å². The highest BCUT2D eigenvalue weighted by Crippen LogP contribution is 2.50. The van der Waals surface area contributed by atoms with Crippen molar-refractivity contribution in [2.75, 3.05) is 13.6 Å². The van der Waals surface area contributed by atoms with E-state index >= 15 is 0 Å². The molecule has 1 aliphatic rings. The van der Waals surface area contributed by atoms with Crippen molar-refractivity contribution < 1.29 is 0 Å². The van der Waals surface area contributed by atoms with Crippen molar-refractivity contribution in [3.8, 4) is 0 Å². The fourth-order valence-electron chi connectivity index (χ4n) is 3.86. The summed E-state index contributed by atoms with van der Waals surface area (Å²) in [7, 11) is 2.21. The van der Waals surface area contributed by atoms with Gasteiger partial charge >= 0.3 is 0 Å². The Labute approximate surface area is 125 Å². The average Bonchev–Trinajstić information content (AvgIpc) is 2.80. The van der Waals surface area contributed by atoms with Crippen LogP contribution in [0.5, 0.6) is 0 Å². The van der Waals surface area contributed by atoms with Gasteiger partial charge in [0.1, 0.15) is 0 Å². The van der Waals surface area contributed by atoms with Crippen molar-refractivity contribution >= 4 is 22.9 Å². The molecule has 0 spiro atoms. The van der Waals surface area contributed by atoms with Crippen molar-refractivity contribution in [1.82, 2.24) is 4.90 Å². The highest BCUT2D eigenvalue weighted by atomic mass is 35.5. The molecule has 19 heavy (non-hydrogen) atoms. The van der Waals surface area contributed by atoms with Gasteiger partial charge in [-0.05, 0) is 43.4 Å². The second kappa shape index (κ2) is 5.36. The van der Waals surface area contributed by atoms with E-state index in [0.717, 1.165) is 17.4 Å². The number of nitrogens with two attached hydrogens (primary N) is 1. The Hall–Kier alpha value is -0.0900. The van der Waals surface area contributed by atoms with Gasteiger partial charge in [0.05, 0.1) is 4.34 Å². The lowest BCUT2D eigenvalue weighted by molar-refractivity contribution is 0.0796. The van der Waals surface area contributed by atoms with Crippen LogP contribution < -0.4 is 5.73 Å². The molecule has 0 aliphatic heterocycles. The second-order valence-corrected chi connectivity index (χ2v) is 8.62. The SMILES string of the molecule is CC1CC(C)(C)CC1(CN)N(C)Cc1ccc(Cl)s1. The van der Waals surface area contributed by atoms with Crippen LogP contribution in [0.4, 0.5) is 0 Å². The lowest BCUT2D eigenvalue weighted by Gasteiger charge is -2.42. The maximum Gasteiger partial charge on any atom is 0.0931 e. The Morgan fingerprint density at radius 2 is 2.16 bits per heavy atom. The third-order valence-electron chi connectivity index (χ3n) is 4.70. The number of rotatable bonds is 4. The van der Waals surface area contributed by atoms with Crippen LogP contribution in [0.25, 0.3) is 0 Å². The molecule has 1 heterocycles. The Morgan fingerprint density at radius 1 is 1.47 bits per heavy atom. The molecular weight excluding hydrogens is 276 g/mol. The molecule has 2 rings (SSSR count). The van der Waals surface area contributed by atoms with Crippen molar-refractivity contribution in [3.63, 3.8) is 0 Å². The Kier molecular flexibility index (Phi) is 4.32. The zero-order chi connectivity index (χ0) is 14.3. The van der Waals surface area contributed by atoms with Gasteiger partial charge in [-0.3, -0.25) is 4.90 Å². The standard InChI is InChI=1S/C15H25ClN2S/c1-11-7-14(2,3)9-15(11,10-17)18(4)8-12-5-6-13(16)19-12/h5-6,11H,7-10,17H2,1-4H3. The molecule has 0 saturated heterocycles. The number of likely N-dealkylation sites (N-methyl/N-ethyl adjacent to an activating group) is 1. The molecule has 1 aromatic rings. The minimum atomic E-state index is 0.125. The summed E-state index contributed by atoms with van der Waals surface area (Å²) < 4.78 is 0.866. The summed E-state index contributed by atoms with van der Waals surface area (Å²) in [6, 6.07) is 4.10. The van der Waals surface area contributed by atoms with Crippen LogP contribution in [0.3, 0.4) is 0 Å². The maximum atomic E-state index is 6.18. The fourth-order valence-corrected chi connectivity index (χ4v) is 5.00. The summed E-state index contributed by atoms with van der Waals surface area (Å²) in [4.78, 5) is 3.77. The minimum Gasteiger partial charge on any atom is -0.329 e. The largest absolute Gasteiger partial charge is 0.329 e. The van der Waals surface area contributed by atoms with Crippen LogP contribution in [0.2, 0.25) is 4.34 Å². The summed E-state index contributed by atoms with van der Waals surface area (Å²) in [6.45, 7) is 8.73. The molecular formula is C15H25ClN2S. The Balaban J connectivity index is 2.17. The minimum absolute atomic E-state index is 0.125. The predicted molar refractivity (Wildman–Crippen MR) is 84.8 cm³/mol. The van der Waals surface area contributed by atoms with E-state index in [4.69, 9.17) is 17.3 Å². The van der Waals surface area contributed by atoms with Gasteiger partial charge in [0, 0.05) is 23.5 Å². The first-order chi connectivity index (χ1) is 8.79. The van der Waals surface area contributed by atoms with E-state index in [1.54, 1.807) is 11.3 Å². The van der Waals surface area contributed by atoms with E-state index in [2.05, 4.69) is 38.8 Å². The van der Waals surface area contributed by atoms with E-state index in [0.29, 0.717) is 11.3 Å². The molecule has 4 heteroatoms. The summed E-state index contributed by atoms with van der Waals surface area (Å²) in [5, 5.41) is 0. The number of hydrogen-bond acceptors (Lipinski definition) is 3. The molecule has 2 nitrogen and oxygen atoms in total. The molecule has 2 N–H and O–H groups in total. The van der Waals surface area contributed by atoms with E-state index in [1.165, 1.54) is 17.7 Å². The monoisotopic (exact) mass is 300 g/mol. The van der Waals surface area contributed by atoms with Crippen molar-refractivity contribution in [3.05, 3.63) is 21.3 Å². The van der Waals surface area contributed by atoms with Crippen molar-refractivity contribution in [2.45, 2.75) is 45.7 Å². The highest BCUT2D eigenvalue weighted by molar-refractivity contribution is 7.16. The Morgan fingerprint density at radius 3 is 2.58 bits per heavy atom. The molecule has 0 radical (unpaired) electrons. The molecule has 108 valence electrons. The van der Waals surface area contributed by atoms with Crippen molar-refractivity contribution in [1.29, 1.82) is 0 Å². The number of nitrogens with zero attached hydrogens (tertiary/aromatic N) is 1. The van der Waals surface area contributed by atoms with Gasteiger partial charge in [-0.15, -0.1) is 11.3 Å². The van der Waals surface area contributed by atoms with Gasteiger partial charge in [0.25, 0.3) is 0 Å². The molecule has 0 amide bonds. The number of thiophene rings is 1. The second-order valence-electron chi connectivity index (χ2n) is 6.82. The lowest BCUT2D eigenvalue weighted by Crippen LogP contribution is -2.53. The molecule has 1 aromatic heterocycles. The third-order valence-corrected chi connectivity index (χ3v) is 5.91. The zero-order valence-corrected chi connectivity index (χ0v) is 13.9. The molecule has 2 atom stereocenters. The van der Waals surface area contributed by atoms with Crippen LogP contribution in [0.15, 0.2) is 12.1 Å². The van der Waals surface area contributed by atoms with Gasteiger partial charge < -0.3 is 5.73 Å². The molecule has 0 bridgehead atoms. The van der Waals surface area contributed by atoms with Gasteiger partial charge in [-0.2, -0.15) is 0 Å². The first-order valence-electron chi connectivity index (χ1n) is 6.95. The smallest absolute Gasteiger partial charge is 0.0931 e. The van der Waals surface area contributed by atoms with Crippen LogP contribution in [0.1, 0.15) is 38.5 Å². The van der Waals surface area contributed by atoms with E-state index in [1.807, 2.05) is 6.07 Å². The number of hydrogen-bond donors (Lipinski definition) is 1. The quantitative estimate of drug-likeness (QED) is 0.911. The average molecular weight is 301 g/mol. The fraction of sp³-hybridized carbons (Fsp3) is 0.733. The Bertz CT molecular complexity index is 443. The lowest BCUT2D eigenvalue weighted by atomic mass is 9.85. The summed E-state index contributed by atoms with van der Waals surface area (Å²) in [6.07, 6.45) is 2.42. The summed E-state index contributed by atoms with van der Waals surface area (Å²) in [5.74, 6) is 0.632. The zero-order valence-electron chi connectivity index (χ0n) is 12.4. The normalized spacial score (nSPS) is 30.2. The summed E-state index contributed by atoms with van der Waals surface area (Å²) >= 11 is 7.69. The molecule has 0 aromatic carbocycles. The molecule has 2 unspecified atom stereocenters. The van der Waals surface area contributed by atoms with Gasteiger partial charge in [0.2, 0.25) is 0 Å². The molecule has 1 saturated carbocycles. The highest BCUT2D eigenvalue weighted by Gasteiger charge is 2.49. The van der Waals surface area contributed by atoms with Gasteiger partial charge in [0.15, 0.2) is 0 Å². The van der Waals surface area contributed by atoms with Gasteiger partial charge in [-0.1, -0.05) is 32.4 Å². The summed E-state index contributed by atoms with van der Waals surface area (Å²) in [5.41, 5.74) is 6.69. The van der Waals surface area contributed by atoms with Crippen LogP contribution in [0, 0.1) is 11.3 Å².